The highest BCUT2D eigenvalue weighted by atomic mass is 19.3. The zero-order valence-electron chi connectivity index (χ0n) is 35.5. The standard InChI is InChI=1S/C44H28F16N8O4/c45-37(46)41(53,54)13-69-25-23-24(26(70-14-42(55,56)38(47)48)28(72-16-44(59,60)40(51)52)27(25)71-15-43(57,58)39(49)50)36-67-34-22-12-6-4-10-20(22)32(65-34)63-30-18-8-2-1-7-17(18)29(61-30)62-31-19-9-3-5-11-21(19)33(64-31)66-35(23)68-36/h1-12,37-40H,13-16H2,(H4,61,62,63,64,65,66,67,68). The second-order valence-corrected chi connectivity index (χ2v) is 15.8. The summed E-state index contributed by atoms with van der Waals surface area (Å²) in [6.07, 6.45) is -18.5. The van der Waals surface area contributed by atoms with Crippen LogP contribution in [0.3, 0.4) is 0 Å². The average molecular weight is 1040 g/mol. The lowest BCUT2D eigenvalue weighted by Crippen LogP contribution is -2.36. The van der Waals surface area contributed by atoms with Gasteiger partial charge in [-0.05, 0) is 0 Å². The molecule has 4 N–H and O–H groups in total. The monoisotopic (exact) mass is 1040 g/mol. The molecule has 0 aliphatic carbocycles. The van der Waals surface area contributed by atoms with Crippen LogP contribution in [0.4, 0.5) is 93.5 Å². The summed E-state index contributed by atoms with van der Waals surface area (Å²) in [5.74, 6) is -28.7. The third-order valence-corrected chi connectivity index (χ3v) is 10.9. The second-order valence-electron chi connectivity index (χ2n) is 15.8. The number of halogens is 16. The van der Waals surface area contributed by atoms with Gasteiger partial charge in [0, 0.05) is 32.3 Å². The number of hydrogen-bond donors (Lipinski definition) is 4. The van der Waals surface area contributed by atoms with Gasteiger partial charge < -0.3 is 38.9 Å². The molecule has 4 aromatic carbocycles. The maximum atomic E-state index is 14.9. The number of benzene rings is 4. The van der Waals surface area contributed by atoms with Gasteiger partial charge >= 0.3 is 49.4 Å². The normalized spacial score (nSPS) is 13.6. The first kappa shape index (κ1) is 49.3. The molecular weight excluding hydrogens is 1010 g/mol. The fourth-order valence-electron chi connectivity index (χ4n) is 7.39. The third kappa shape index (κ3) is 9.00. The molecule has 8 bridgehead atoms. The number of fused-ring (bicyclic) bond motifs is 20. The van der Waals surface area contributed by atoms with Crippen molar-refractivity contribution in [3.8, 4) is 23.0 Å². The van der Waals surface area contributed by atoms with Crippen molar-refractivity contribution in [3.05, 3.63) is 94.7 Å². The van der Waals surface area contributed by atoms with E-state index in [1.54, 1.807) is 36.4 Å². The molecule has 12 nitrogen and oxygen atoms in total. The molecule has 8 aromatic rings. The van der Waals surface area contributed by atoms with Gasteiger partial charge in [0.25, 0.3) is 0 Å². The van der Waals surface area contributed by atoms with Crippen LogP contribution in [0.2, 0.25) is 0 Å². The zero-order chi connectivity index (χ0) is 51.7. The molecule has 380 valence electrons. The summed E-state index contributed by atoms with van der Waals surface area (Å²) in [6, 6.07) is 18.9. The van der Waals surface area contributed by atoms with Crippen LogP contribution in [0.1, 0.15) is 0 Å². The van der Waals surface area contributed by atoms with Crippen molar-refractivity contribution < 1.29 is 89.2 Å². The summed E-state index contributed by atoms with van der Waals surface area (Å²) >= 11 is 0. The molecule has 4 aromatic heterocycles. The lowest BCUT2D eigenvalue weighted by molar-refractivity contribution is -0.154. The maximum Gasteiger partial charge on any atom is 0.340 e. The van der Waals surface area contributed by atoms with E-state index < -0.39 is 121 Å². The molecule has 0 amide bonds. The third-order valence-electron chi connectivity index (χ3n) is 10.9. The summed E-state index contributed by atoms with van der Waals surface area (Å²) < 4.78 is 248. The van der Waals surface area contributed by atoms with Gasteiger partial charge in [-0.1, -0.05) is 72.8 Å². The summed E-state index contributed by atoms with van der Waals surface area (Å²) in [5, 5.41) is -0.247. The molecule has 28 heteroatoms. The minimum atomic E-state index is -5.31. The molecule has 0 atom stereocenters. The van der Waals surface area contributed by atoms with Crippen LogP contribution in [-0.4, -0.2) is 95.8 Å². The number of nitrogens with one attached hydrogen (secondary N) is 4. The number of hydrogen-bond acceptors (Lipinski definition) is 8. The van der Waals surface area contributed by atoms with Crippen molar-refractivity contribution in [3.63, 3.8) is 0 Å². The van der Waals surface area contributed by atoms with Crippen molar-refractivity contribution in [2.24, 2.45) is 20.0 Å². The predicted molar refractivity (Wildman–Crippen MR) is 222 cm³/mol. The van der Waals surface area contributed by atoms with E-state index in [0.29, 0.717) is 21.5 Å². The lowest BCUT2D eigenvalue weighted by atomic mass is 10.1. The first-order chi connectivity index (χ1) is 34.0. The Bertz CT molecular complexity index is 3400. The van der Waals surface area contributed by atoms with Gasteiger partial charge in [0.05, 0.1) is 10.8 Å². The first-order valence-corrected chi connectivity index (χ1v) is 20.6. The smallest absolute Gasteiger partial charge is 0.340 e. The van der Waals surface area contributed by atoms with E-state index in [1.165, 1.54) is 36.4 Å². The number of H-pyrrole nitrogens is 4. The number of rotatable bonds is 16. The van der Waals surface area contributed by atoms with Gasteiger partial charge in [-0.3, -0.25) is 0 Å². The molecule has 9 rings (SSSR count). The second kappa shape index (κ2) is 18.2. The zero-order valence-corrected chi connectivity index (χ0v) is 35.5. The number of aromatic nitrogens is 4. The van der Waals surface area contributed by atoms with Gasteiger partial charge in [0.2, 0.25) is 11.5 Å². The highest BCUT2D eigenvalue weighted by molar-refractivity contribution is 6.02. The van der Waals surface area contributed by atoms with Crippen LogP contribution < -0.4 is 40.9 Å². The number of nitrogens with zero attached hydrogens (tertiary/aromatic N) is 4. The van der Waals surface area contributed by atoms with Gasteiger partial charge in [-0.15, -0.1) is 0 Å². The van der Waals surface area contributed by atoms with Crippen LogP contribution in [0.5, 0.6) is 23.0 Å². The SMILES string of the molecule is FC(F)C(F)(F)COc1c(OCC(F)(F)C(F)F)c(OCC(F)(F)C(F)F)c2c3[nH]c(c2c1OCC(F)(F)C(F)F)=Nc1[nH]c(c2ccccc12)N=c1[nH]c(c2ccccc12)=Nc1[nH]c(c2ccccc12)N=3. The Kier molecular flexibility index (Phi) is 12.4. The highest BCUT2D eigenvalue weighted by Crippen LogP contribution is 2.52. The fourth-order valence-corrected chi connectivity index (χ4v) is 7.39. The van der Waals surface area contributed by atoms with Crippen molar-refractivity contribution in [1.82, 2.24) is 19.9 Å². The van der Waals surface area contributed by atoms with Crippen LogP contribution in [0.25, 0.3) is 43.1 Å². The minimum Gasteiger partial charge on any atom is -0.482 e. The number of aromatic amines is 4. The molecule has 0 unspecified atom stereocenters. The van der Waals surface area contributed by atoms with Crippen LogP contribution in [0, 0.1) is 0 Å². The van der Waals surface area contributed by atoms with Gasteiger partial charge in [-0.2, -0.15) is 35.1 Å². The molecule has 5 heterocycles. The van der Waals surface area contributed by atoms with E-state index in [0.717, 1.165) is 0 Å². The Morgan fingerprint density at radius 1 is 0.333 bits per heavy atom. The van der Waals surface area contributed by atoms with Crippen molar-refractivity contribution >= 4 is 66.4 Å². The Hall–Kier alpha value is -7.68. The molecule has 1 aliphatic rings. The predicted octanol–water partition coefficient (Wildman–Crippen LogP) is 10.8. The largest absolute Gasteiger partial charge is 0.482 e. The first-order valence-electron chi connectivity index (χ1n) is 20.6. The van der Waals surface area contributed by atoms with Crippen LogP contribution in [-0.2, 0) is 0 Å². The van der Waals surface area contributed by atoms with E-state index in [1.807, 2.05) is 0 Å². The van der Waals surface area contributed by atoms with E-state index in [9.17, 15) is 70.2 Å². The van der Waals surface area contributed by atoms with Gasteiger partial charge in [0.1, 0.15) is 45.2 Å². The average Bonchev–Trinajstić information content (AvgIpc) is 4.07. The van der Waals surface area contributed by atoms with Crippen molar-refractivity contribution in [1.29, 1.82) is 0 Å². The summed E-state index contributed by atoms with van der Waals surface area (Å²) in [7, 11) is 0. The van der Waals surface area contributed by atoms with Crippen LogP contribution >= 0.6 is 0 Å². The van der Waals surface area contributed by atoms with Crippen molar-refractivity contribution in [2.75, 3.05) is 26.4 Å². The quantitative estimate of drug-likeness (QED) is 0.0713. The van der Waals surface area contributed by atoms with E-state index >= 15 is 0 Å². The topological polar surface area (TPSA) is 150 Å². The van der Waals surface area contributed by atoms with E-state index in [4.69, 9.17) is 28.9 Å². The molecule has 72 heavy (non-hydrogen) atoms. The Balaban J connectivity index is 1.50. The Labute approximate surface area is 388 Å². The summed E-state index contributed by atoms with van der Waals surface area (Å²) in [4.78, 5) is 30.1. The maximum absolute atomic E-state index is 14.9. The molecule has 0 radical (unpaired) electrons. The van der Waals surface area contributed by atoms with E-state index in [-0.39, 0.29) is 45.0 Å². The fraction of sp³-hybridized carbons (Fsp3) is 0.273. The van der Waals surface area contributed by atoms with Crippen molar-refractivity contribution in [2.45, 2.75) is 49.4 Å². The van der Waals surface area contributed by atoms with Crippen LogP contribution in [0.15, 0.2) is 92.8 Å². The molecular formula is C44H28F16N8O4. The minimum absolute atomic E-state index is 0.0311. The molecule has 0 spiro atoms. The van der Waals surface area contributed by atoms with E-state index in [2.05, 4.69) is 29.9 Å². The summed E-state index contributed by atoms with van der Waals surface area (Å²) in [5.41, 5.74) is -1.29. The lowest BCUT2D eigenvalue weighted by Gasteiger charge is -2.26. The molecule has 0 saturated heterocycles. The van der Waals surface area contributed by atoms with Gasteiger partial charge in [0.15, 0.2) is 37.9 Å². The summed E-state index contributed by atoms with van der Waals surface area (Å²) in [6.45, 7) is -10.3. The number of alkyl halides is 16. The Morgan fingerprint density at radius 3 is 0.847 bits per heavy atom. The van der Waals surface area contributed by atoms with Gasteiger partial charge in [-0.25, -0.2) is 55.1 Å². The molecule has 0 fully saturated rings. The Morgan fingerprint density at radius 2 is 0.569 bits per heavy atom. The molecule has 0 saturated carbocycles. The molecule has 1 aliphatic heterocycles. The number of ether oxygens (including phenoxy) is 4. The highest BCUT2D eigenvalue weighted by Gasteiger charge is 2.47.